The van der Waals surface area contributed by atoms with E-state index in [0.29, 0.717) is 6.04 Å². The van der Waals surface area contributed by atoms with Crippen LogP contribution in [0.15, 0.2) is 0 Å². The lowest BCUT2D eigenvalue weighted by molar-refractivity contribution is -0.176. The summed E-state index contributed by atoms with van der Waals surface area (Å²) in [5.74, 6) is 1.01. The van der Waals surface area contributed by atoms with Crippen LogP contribution < -0.4 is 11.1 Å². The van der Waals surface area contributed by atoms with Gasteiger partial charge in [0.15, 0.2) is 0 Å². The fourth-order valence-corrected chi connectivity index (χ4v) is 4.94. The molecule has 5 atom stereocenters. The van der Waals surface area contributed by atoms with Crippen LogP contribution in [-0.2, 0) is 9.53 Å². The van der Waals surface area contributed by atoms with Crippen molar-refractivity contribution in [3.05, 3.63) is 0 Å². The first kappa shape index (κ1) is 15.3. The van der Waals surface area contributed by atoms with Crippen molar-refractivity contribution in [2.24, 2.45) is 23.0 Å². The van der Waals surface area contributed by atoms with Crippen LogP contribution in [-0.4, -0.2) is 30.2 Å². The Hall–Kier alpha value is -0.610. The van der Waals surface area contributed by atoms with Crippen molar-refractivity contribution < 1.29 is 9.53 Å². The number of rotatable bonds is 3. The summed E-state index contributed by atoms with van der Waals surface area (Å²) < 4.78 is 5.78. The third-order valence-electron chi connectivity index (χ3n) is 6.53. The van der Waals surface area contributed by atoms with E-state index in [4.69, 9.17) is 10.5 Å². The summed E-state index contributed by atoms with van der Waals surface area (Å²) in [6.45, 7) is 7.14. The first-order valence-corrected chi connectivity index (χ1v) is 8.62. The second kappa shape index (κ2) is 5.24. The van der Waals surface area contributed by atoms with Gasteiger partial charge in [-0.15, -0.1) is 0 Å². The zero-order valence-electron chi connectivity index (χ0n) is 13.7. The van der Waals surface area contributed by atoms with E-state index in [2.05, 4.69) is 26.1 Å². The molecule has 0 aromatic rings. The normalized spacial score (nSPS) is 44.8. The molecule has 3 N–H and O–H groups in total. The van der Waals surface area contributed by atoms with E-state index in [1.807, 2.05) is 0 Å². The molecule has 3 aliphatic rings. The molecule has 4 nitrogen and oxygen atoms in total. The Morgan fingerprint density at radius 3 is 2.81 bits per heavy atom. The lowest BCUT2D eigenvalue weighted by Gasteiger charge is -2.61. The average Bonchev–Trinajstić information content (AvgIpc) is 2.94. The molecule has 2 aliphatic carbocycles. The molecule has 1 amide bonds. The first-order chi connectivity index (χ1) is 9.91. The van der Waals surface area contributed by atoms with Crippen LogP contribution in [0, 0.1) is 17.3 Å². The van der Waals surface area contributed by atoms with E-state index in [-0.39, 0.29) is 23.3 Å². The highest BCUT2D eigenvalue weighted by Gasteiger charge is 2.71. The van der Waals surface area contributed by atoms with Gasteiger partial charge in [0.25, 0.3) is 0 Å². The maximum Gasteiger partial charge on any atom is 0.241 e. The highest BCUT2D eigenvalue weighted by atomic mass is 16.5. The van der Waals surface area contributed by atoms with Crippen LogP contribution in [0.3, 0.4) is 0 Å². The summed E-state index contributed by atoms with van der Waals surface area (Å²) in [5, 5.41) is 3.27. The van der Waals surface area contributed by atoms with Gasteiger partial charge in [-0.3, -0.25) is 4.79 Å². The number of nitrogens with two attached hydrogens (primary N) is 1. The molecule has 0 aromatic heterocycles. The van der Waals surface area contributed by atoms with Gasteiger partial charge >= 0.3 is 0 Å². The molecule has 120 valence electrons. The van der Waals surface area contributed by atoms with Crippen molar-refractivity contribution in [1.82, 2.24) is 5.32 Å². The standard InChI is InChI=1S/C17H30N2O2/c1-4-11-6-5-7-12(10-11)19-15(20)17(18)13-8-9-21-14(13)16(17,2)3/h11-14H,4-10,18H2,1-3H3,(H,19,20). The molecule has 4 heteroatoms. The Morgan fingerprint density at radius 1 is 1.33 bits per heavy atom. The number of fused-ring (bicyclic) bond motifs is 1. The molecule has 0 aromatic carbocycles. The van der Waals surface area contributed by atoms with Crippen LogP contribution in [0.1, 0.15) is 59.3 Å². The van der Waals surface area contributed by atoms with Crippen LogP contribution >= 0.6 is 0 Å². The molecule has 0 bridgehead atoms. The lowest BCUT2D eigenvalue weighted by Crippen LogP contribution is -2.80. The molecule has 21 heavy (non-hydrogen) atoms. The second-order valence-electron chi connectivity index (χ2n) is 7.89. The highest BCUT2D eigenvalue weighted by Crippen LogP contribution is 2.58. The van der Waals surface area contributed by atoms with Crippen molar-refractivity contribution >= 4 is 5.91 Å². The number of carbonyl (C=O) groups excluding carboxylic acids is 1. The first-order valence-electron chi connectivity index (χ1n) is 8.62. The molecule has 0 radical (unpaired) electrons. The van der Waals surface area contributed by atoms with Crippen LogP contribution in [0.25, 0.3) is 0 Å². The quantitative estimate of drug-likeness (QED) is 0.839. The Labute approximate surface area is 128 Å². The smallest absolute Gasteiger partial charge is 0.241 e. The van der Waals surface area contributed by atoms with Crippen molar-refractivity contribution in [2.75, 3.05) is 6.61 Å². The van der Waals surface area contributed by atoms with Crippen LogP contribution in [0.5, 0.6) is 0 Å². The second-order valence-corrected chi connectivity index (χ2v) is 7.89. The van der Waals surface area contributed by atoms with Gasteiger partial charge in [0.2, 0.25) is 5.91 Å². The molecular weight excluding hydrogens is 264 g/mol. The minimum absolute atomic E-state index is 0.0565. The molecule has 2 saturated carbocycles. The minimum atomic E-state index is -0.757. The van der Waals surface area contributed by atoms with Gasteiger partial charge in [-0.05, 0) is 25.2 Å². The summed E-state index contributed by atoms with van der Waals surface area (Å²) in [5.41, 5.74) is 5.58. The molecule has 1 saturated heterocycles. The number of hydrogen-bond acceptors (Lipinski definition) is 3. The number of carbonyl (C=O) groups is 1. The summed E-state index contributed by atoms with van der Waals surface area (Å²) in [4.78, 5) is 12.9. The van der Waals surface area contributed by atoms with E-state index in [1.54, 1.807) is 0 Å². The monoisotopic (exact) mass is 294 g/mol. The molecule has 1 heterocycles. The van der Waals surface area contributed by atoms with Gasteiger partial charge in [-0.2, -0.15) is 0 Å². The van der Waals surface area contributed by atoms with Gasteiger partial charge < -0.3 is 15.8 Å². The van der Waals surface area contributed by atoms with Gasteiger partial charge in [0.1, 0.15) is 5.54 Å². The fourth-order valence-electron chi connectivity index (χ4n) is 4.94. The maximum absolute atomic E-state index is 12.9. The molecular formula is C17H30N2O2. The Balaban J connectivity index is 1.67. The summed E-state index contributed by atoms with van der Waals surface area (Å²) in [6, 6.07) is 0.314. The predicted octanol–water partition coefficient (Wildman–Crippen LogP) is 2.21. The highest BCUT2D eigenvalue weighted by molar-refractivity contribution is 5.89. The Morgan fingerprint density at radius 2 is 2.10 bits per heavy atom. The Bertz CT molecular complexity index is 423. The van der Waals surface area contributed by atoms with Crippen LogP contribution in [0.4, 0.5) is 0 Å². The summed E-state index contributed by atoms with van der Waals surface area (Å²) in [6.07, 6.45) is 7.03. The zero-order valence-corrected chi connectivity index (χ0v) is 13.7. The average molecular weight is 294 g/mol. The Kier molecular flexibility index (Phi) is 3.81. The number of hydrogen-bond donors (Lipinski definition) is 2. The van der Waals surface area contributed by atoms with E-state index in [9.17, 15) is 4.79 Å². The third kappa shape index (κ3) is 2.14. The van der Waals surface area contributed by atoms with Crippen molar-refractivity contribution in [2.45, 2.75) is 77.0 Å². The fraction of sp³-hybridized carbons (Fsp3) is 0.941. The van der Waals surface area contributed by atoms with Crippen LogP contribution in [0.2, 0.25) is 0 Å². The number of nitrogens with one attached hydrogen (secondary N) is 1. The van der Waals surface area contributed by atoms with Gasteiger partial charge in [-0.25, -0.2) is 0 Å². The van der Waals surface area contributed by atoms with Crippen molar-refractivity contribution in [3.8, 4) is 0 Å². The number of amides is 1. The van der Waals surface area contributed by atoms with Gasteiger partial charge in [-0.1, -0.05) is 40.0 Å². The largest absolute Gasteiger partial charge is 0.377 e. The SMILES string of the molecule is CCC1CCCC(NC(=O)C2(N)C3CCOC3C2(C)C)C1. The predicted molar refractivity (Wildman–Crippen MR) is 82.7 cm³/mol. The molecule has 5 unspecified atom stereocenters. The minimum Gasteiger partial charge on any atom is -0.377 e. The van der Waals surface area contributed by atoms with Gasteiger partial charge in [0.05, 0.1) is 6.10 Å². The molecule has 1 aliphatic heterocycles. The molecule has 3 rings (SSSR count). The lowest BCUT2D eigenvalue weighted by atomic mass is 9.48. The topological polar surface area (TPSA) is 64.4 Å². The number of ether oxygens (including phenoxy) is 1. The maximum atomic E-state index is 12.9. The van der Waals surface area contributed by atoms with E-state index in [1.165, 1.54) is 19.3 Å². The van der Waals surface area contributed by atoms with Crippen molar-refractivity contribution in [3.63, 3.8) is 0 Å². The third-order valence-corrected chi connectivity index (χ3v) is 6.53. The molecule has 0 spiro atoms. The van der Waals surface area contributed by atoms with Gasteiger partial charge in [0, 0.05) is 24.0 Å². The zero-order chi connectivity index (χ0) is 15.3. The molecule has 3 fully saturated rings. The summed E-state index contributed by atoms with van der Waals surface area (Å²) in [7, 11) is 0. The van der Waals surface area contributed by atoms with E-state index >= 15 is 0 Å². The van der Waals surface area contributed by atoms with Crippen molar-refractivity contribution in [1.29, 1.82) is 0 Å². The van der Waals surface area contributed by atoms with E-state index in [0.717, 1.165) is 31.8 Å². The van der Waals surface area contributed by atoms with E-state index < -0.39 is 5.54 Å². The summed E-state index contributed by atoms with van der Waals surface area (Å²) >= 11 is 0.